The third kappa shape index (κ3) is 6.34. The maximum atomic E-state index is 13.1. The van der Waals surface area contributed by atoms with Crippen LogP contribution in [0.2, 0.25) is 0 Å². The summed E-state index contributed by atoms with van der Waals surface area (Å²) in [5, 5.41) is 5.38. The van der Waals surface area contributed by atoms with Crippen LogP contribution in [0.4, 0.5) is 4.39 Å². The molecule has 1 atom stereocenters. The molecule has 156 valence electrons. The third-order valence-corrected chi connectivity index (χ3v) is 5.06. The Labute approximate surface area is 181 Å². The minimum Gasteiger partial charge on any atom is -0.492 e. The van der Waals surface area contributed by atoms with Crippen LogP contribution in [0.3, 0.4) is 0 Å². The lowest BCUT2D eigenvalue weighted by molar-refractivity contribution is 0.290. The highest BCUT2D eigenvalue weighted by Crippen LogP contribution is 2.23. The first kappa shape index (κ1) is 21.9. The predicted octanol–water partition coefficient (Wildman–Crippen LogP) is 5.88. The molecule has 3 aromatic carbocycles. The summed E-state index contributed by atoms with van der Waals surface area (Å²) >= 11 is 1.69. The van der Waals surface area contributed by atoms with Crippen LogP contribution in [-0.4, -0.2) is 28.2 Å². The topological polar surface area (TPSA) is 39.1 Å². The Morgan fingerprint density at radius 3 is 2.33 bits per heavy atom. The minimum atomic E-state index is -0.255. The Hall–Kier alpha value is -2.83. The number of hydrogen-bond donors (Lipinski definition) is 1. The molecule has 0 aliphatic rings. The van der Waals surface area contributed by atoms with Gasteiger partial charge in [0.1, 0.15) is 18.2 Å². The number of hydrogen-bond acceptors (Lipinski definition) is 4. The fourth-order valence-electron chi connectivity index (χ4n) is 2.75. The first-order chi connectivity index (χ1) is 14.7. The largest absolute Gasteiger partial charge is 0.492 e. The lowest BCUT2D eigenvalue weighted by Gasteiger charge is -2.13. The Morgan fingerprint density at radius 1 is 1.03 bits per heavy atom. The SMILES string of the molecule is CCSNC(C)COc1ccc2c(cnn2-c2ccc(F)cc2)c1.c1ccccc1. The highest BCUT2D eigenvalue weighted by molar-refractivity contribution is 7.97. The molecule has 0 fully saturated rings. The molecule has 1 heterocycles. The Balaban J connectivity index is 0.000000367. The second kappa shape index (κ2) is 11.4. The van der Waals surface area contributed by atoms with E-state index in [1.807, 2.05) is 54.6 Å². The number of ether oxygens (including phenoxy) is 1. The van der Waals surface area contributed by atoms with Crippen LogP contribution >= 0.6 is 11.9 Å². The summed E-state index contributed by atoms with van der Waals surface area (Å²) < 4.78 is 24.0. The van der Waals surface area contributed by atoms with Crippen molar-refractivity contribution < 1.29 is 9.13 Å². The molecule has 0 saturated carbocycles. The molecule has 0 amide bonds. The molecule has 1 unspecified atom stereocenters. The monoisotopic (exact) mass is 423 g/mol. The molecule has 6 heteroatoms. The smallest absolute Gasteiger partial charge is 0.123 e. The van der Waals surface area contributed by atoms with E-state index < -0.39 is 0 Å². The van der Waals surface area contributed by atoms with Crippen molar-refractivity contribution in [3.63, 3.8) is 0 Å². The van der Waals surface area contributed by atoms with Crippen molar-refractivity contribution in [2.24, 2.45) is 0 Å². The number of nitrogens with one attached hydrogen (secondary N) is 1. The van der Waals surface area contributed by atoms with E-state index in [0.717, 1.165) is 28.1 Å². The van der Waals surface area contributed by atoms with Gasteiger partial charge in [-0.05, 0) is 49.4 Å². The molecule has 0 spiro atoms. The summed E-state index contributed by atoms with van der Waals surface area (Å²) in [6.45, 7) is 4.80. The van der Waals surface area contributed by atoms with Crippen LogP contribution in [0.5, 0.6) is 5.75 Å². The number of rotatable bonds is 7. The van der Waals surface area contributed by atoms with E-state index in [4.69, 9.17) is 4.74 Å². The van der Waals surface area contributed by atoms with Crippen LogP contribution in [0, 0.1) is 5.82 Å². The molecule has 1 N–H and O–H groups in total. The van der Waals surface area contributed by atoms with Gasteiger partial charge in [-0.25, -0.2) is 9.07 Å². The van der Waals surface area contributed by atoms with Crippen LogP contribution in [0.1, 0.15) is 13.8 Å². The molecule has 4 rings (SSSR count). The average Bonchev–Trinajstić information content (AvgIpc) is 3.21. The fraction of sp³-hybridized carbons (Fsp3) is 0.208. The number of halogens is 1. The lowest BCUT2D eigenvalue weighted by atomic mass is 10.2. The normalized spacial score (nSPS) is 11.6. The summed E-state index contributed by atoms with van der Waals surface area (Å²) in [4.78, 5) is 0. The lowest BCUT2D eigenvalue weighted by Crippen LogP contribution is -2.26. The first-order valence-corrected chi connectivity index (χ1v) is 10.9. The predicted molar refractivity (Wildman–Crippen MR) is 124 cm³/mol. The van der Waals surface area contributed by atoms with E-state index >= 15 is 0 Å². The van der Waals surface area contributed by atoms with Crippen molar-refractivity contribution in [2.45, 2.75) is 19.9 Å². The fourth-order valence-corrected chi connectivity index (χ4v) is 3.27. The molecular formula is C24H26FN3OS. The quantitative estimate of drug-likeness (QED) is 0.377. The molecule has 0 radical (unpaired) electrons. The highest BCUT2D eigenvalue weighted by atomic mass is 32.2. The number of fused-ring (bicyclic) bond motifs is 1. The van der Waals surface area contributed by atoms with E-state index in [2.05, 4.69) is 23.7 Å². The zero-order valence-electron chi connectivity index (χ0n) is 17.2. The summed E-state index contributed by atoms with van der Waals surface area (Å²) in [7, 11) is 0. The highest BCUT2D eigenvalue weighted by Gasteiger charge is 2.08. The van der Waals surface area contributed by atoms with Gasteiger partial charge in [0.25, 0.3) is 0 Å². The molecular weight excluding hydrogens is 397 g/mol. The van der Waals surface area contributed by atoms with E-state index in [9.17, 15) is 4.39 Å². The first-order valence-electron chi connectivity index (χ1n) is 9.91. The maximum Gasteiger partial charge on any atom is 0.123 e. The second-order valence-corrected chi connectivity index (χ2v) is 7.77. The van der Waals surface area contributed by atoms with Crippen molar-refractivity contribution in [3.8, 4) is 11.4 Å². The van der Waals surface area contributed by atoms with Gasteiger partial charge < -0.3 is 4.74 Å². The summed E-state index contributed by atoms with van der Waals surface area (Å²) in [5.74, 6) is 1.59. The summed E-state index contributed by atoms with van der Waals surface area (Å²) in [6.07, 6.45) is 1.79. The van der Waals surface area contributed by atoms with E-state index in [1.54, 1.807) is 35.0 Å². The van der Waals surface area contributed by atoms with E-state index in [-0.39, 0.29) is 11.9 Å². The molecule has 4 aromatic rings. The minimum absolute atomic E-state index is 0.255. The van der Waals surface area contributed by atoms with Gasteiger partial charge in [-0.2, -0.15) is 5.10 Å². The molecule has 0 bridgehead atoms. The Bertz CT molecular complexity index is 995. The second-order valence-electron chi connectivity index (χ2n) is 6.67. The van der Waals surface area contributed by atoms with Gasteiger partial charge in [0.05, 0.1) is 17.4 Å². The van der Waals surface area contributed by atoms with Gasteiger partial charge in [0.15, 0.2) is 0 Å². The number of nitrogens with zero attached hydrogens (tertiary/aromatic N) is 2. The van der Waals surface area contributed by atoms with Crippen LogP contribution in [0.15, 0.2) is 85.1 Å². The molecule has 30 heavy (non-hydrogen) atoms. The van der Waals surface area contributed by atoms with Crippen LogP contribution in [0.25, 0.3) is 16.6 Å². The van der Waals surface area contributed by atoms with Gasteiger partial charge in [-0.3, -0.25) is 4.72 Å². The maximum absolute atomic E-state index is 13.1. The van der Waals surface area contributed by atoms with Crippen molar-refractivity contribution >= 4 is 22.9 Å². The standard InChI is InChI=1S/C18H20FN3OS.C6H6/c1-3-24-21-13(2)12-23-17-8-9-18-14(10-17)11-20-22(18)16-6-4-15(19)5-7-16;1-2-4-6-5-3-1/h4-11,13,21H,3,12H2,1-2H3;1-6H. The zero-order chi connectivity index (χ0) is 21.2. The van der Waals surface area contributed by atoms with Gasteiger partial charge >= 0.3 is 0 Å². The van der Waals surface area contributed by atoms with E-state index in [0.29, 0.717) is 6.61 Å². The molecule has 1 aromatic heterocycles. The molecule has 0 aliphatic heterocycles. The van der Waals surface area contributed by atoms with Gasteiger partial charge in [0, 0.05) is 17.2 Å². The van der Waals surface area contributed by atoms with Crippen molar-refractivity contribution in [3.05, 3.63) is 90.9 Å². The van der Waals surface area contributed by atoms with Crippen LogP contribution < -0.4 is 9.46 Å². The molecule has 4 nitrogen and oxygen atoms in total. The van der Waals surface area contributed by atoms with Gasteiger partial charge in [0.2, 0.25) is 0 Å². The Kier molecular flexibility index (Phi) is 8.30. The molecule has 0 aliphatic carbocycles. The summed E-state index contributed by atoms with van der Waals surface area (Å²) in [6, 6.07) is 24.4. The van der Waals surface area contributed by atoms with Crippen molar-refractivity contribution in [1.82, 2.24) is 14.5 Å². The van der Waals surface area contributed by atoms with E-state index in [1.165, 1.54) is 12.1 Å². The van der Waals surface area contributed by atoms with Crippen LogP contribution in [-0.2, 0) is 0 Å². The third-order valence-electron chi connectivity index (χ3n) is 4.21. The average molecular weight is 424 g/mol. The van der Waals surface area contributed by atoms with Crippen molar-refractivity contribution in [1.29, 1.82) is 0 Å². The molecule has 0 saturated heterocycles. The van der Waals surface area contributed by atoms with Gasteiger partial charge in [-0.15, -0.1) is 0 Å². The summed E-state index contributed by atoms with van der Waals surface area (Å²) in [5.41, 5.74) is 1.79. The van der Waals surface area contributed by atoms with Crippen molar-refractivity contribution in [2.75, 3.05) is 12.4 Å². The zero-order valence-corrected chi connectivity index (χ0v) is 18.0. The Morgan fingerprint density at radius 2 is 1.70 bits per heavy atom. The van der Waals surface area contributed by atoms with Gasteiger partial charge in [-0.1, -0.05) is 55.3 Å². The number of aromatic nitrogens is 2. The number of benzene rings is 3.